The molecule has 0 aromatic carbocycles. The van der Waals surface area contributed by atoms with Crippen molar-refractivity contribution in [2.45, 2.75) is 56.8 Å². The summed E-state index contributed by atoms with van der Waals surface area (Å²) in [6.45, 7) is 1.68. The second kappa shape index (κ2) is 11.1. The highest BCUT2D eigenvalue weighted by molar-refractivity contribution is 7.13. The second-order valence-electron chi connectivity index (χ2n) is 10.4. The summed E-state index contributed by atoms with van der Waals surface area (Å²) in [5.74, 6) is -0.938. The molecule has 1 fully saturated rings. The van der Waals surface area contributed by atoms with Crippen molar-refractivity contribution < 1.29 is 19.2 Å². The number of hydrogen-bond acceptors (Lipinski definition) is 9. The molecule has 2 aliphatic heterocycles. The lowest BCUT2D eigenvalue weighted by molar-refractivity contribution is -0.134. The second-order valence-corrected chi connectivity index (χ2v) is 11.9. The average Bonchev–Trinajstić information content (AvgIpc) is 3.32. The summed E-state index contributed by atoms with van der Waals surface area (Å²) < 4.78 is 0. The van der Waals surface area contributed by atoms with Gasteiger partial charge in [-0.2, -0.15) is 0 Å². The third-order valence-corrected chi connectivity index (χ3v) is 8.65. The van der Waals surface area contributed by atoms with Crippen LogP contribution >= 0.6 is 22.9 Å². The molecule has 1 aromatic rings. The van der Waals surface area contributed by atoms with Crippen LogP contribution < -0.4 is 16.1 Å². The van der Waals surface area contributed by atoms with Gasteiger partial charge < -0.3 is 20.4 Å². The van der Waals surface area contributed by atoms with E-state index in [9.17, 15) is 14.4 Å². The van der Waals surface area contributed by atoms with Crippen molar-refractivity contribution in [2.75, 3.05) is 27.7 Å². The monoisotopic (exact) mass is 561 g/mol. The number of allylic oxidation sites excluding steroid dienone is 2. The van der Waals surface area contributed by atoms with E-state index in [-0.39, 0.29) is 29.7 Å². The Bertz CT molecular complexity index is 1230. The molecular formula is C25H32ClN7O4S. The van der Waals surface area contributed by atoms with Crippen LogP contribution in [0.25, 0.3) is 0 Å². The van der Waals surface area contributed by atoms with Crippen LogP contribution in [0.15, 0.2) is 27.9 Å². The number of hydrogen-bond donors (Lipinski definition) is 3. The number of likely N-dealkylation sites (N-methyl/N-ethyl adjacent to an activating group) is 1. The van der Waals surface area contributed by atoms with Crippen molar-refractivity contribution >= 4 is 46.5 Å². The van der Waals surface area contributed by atoms with Gasteiger partial charge in [0.25, 0.3) is 11.8 Å². The van der Waals surface area contributed by atoms with Crippen LogP contribution in [0.3, 0.4) is 0 Å². The van der Waals surface area contributed by atoms with Crippen LogP contribution in [-0.2, 0) is 27.4 Å². The van der Waals surface area contributed by atoms with Gasteiger partial charge in [0, 0.05) is 61.9 Å². The van der Waals surface area contributed by atoms with E-state index in [0.29, 0.717) is 41.4 Å². The summed E-state index contributed by atoms with van der Waals surface area (Å²) in [6, 6.07) is -0.846. The summed E-state index contributed by atoms with van der Waals surface area (Å²) >= 11 is 7.47. The number of rotatable bonds is 5. The number of hydroxylamine groups is 1. The van der Waals surface area contributed by atoms with Gasteiger partial charge >= 0.3 is 0 Å². The zero-order valence-electron chi connectivity index (χ0n) is 21.6. The molecule has 0 bridgehead atoms. The molecule has 1 aromatic heterocycles. The van der Waals surface area contributed by atoms with E-state index in [1.165, 1.54) is 11.3 Å². The number of amides is 3. The first-order valence-corrected chi connectivity index (χ1v) is 13.9. The number of halogens is 1. The molecule has 0 radical (unpaired) electrons. The number of nitrogens with one attached hydrogen (secondary N) is 3. The van der Waals surface area contributed by atoms with Gasteiger partial charge in [-0.3, -0.25) is 19.2 Å². The van der Waals surface area contributed by atoms with Crippen LogP contribution in [0.5, 0.6) is 0 Å². The fourth-order valence-electron chi connectivity index (χ4n) is 5.20. The molecule has 11 nitrogen and oxygen atoms in total. The van der Waals surface area contributed by atoms with Crippen LogP contribution in [0.4, 0.5) is 0 Å². The molecule has 2 aliphatic carbocycles. The lowest BCUT2D eigenvalue weighted by atomic mass is 9.81. The van der Waals surface area contributed by atoms with Crippen molar-refractivity contribution in [1.29, 1.82) is 0 Å². The molecule has 4 atom stereocenters. The number of amidine groups is 1. The Morgan fingerprint density at radius 3 is 2.76 bits per heavy atom. The van der Waals surface area contributed by atoms with Gasteiger partial charge in [-0.25, -0.2) is 15.5 Å². The molecular weight excluding hydrogens is 530 g/mol. The van der Waals surface area contributed by atoms with E-state index in [2.05, 4.69) is 31.0 Å². The topological polar surface area (TPSA) is 128 Å². The maximum Gasteiger partial charge on any atom is 0.289 e. The highest BCUT2D eigenvalue weighted by atomic mass is 35.5. The molecule has 4 aliphatic rings. The number of carbonyl (C=O) groups excluding carboxylic acids is 3. The van der Waals surface area contributed by atoms with E-state index < -0.39 is 18.0 Å². The zero-order chi connectivity index (χ0) is 27.0. The van der Waals surface area contributed by atoms with Crippen molar-refractivity contribution in [3.63, 3.8) is 0 Å². The molecule has 38 heavy (non-hydrogen) atoms. The van der Waals surface area contributed by atoms with Gasteiger partial charge in [0.15, 0.2) is 5.01 Å². The van der Waals surface area contributed by atoms with Crippen LogP contribution in [-0.4, -0.2) is 84.2 Å². The number of aromatic nitrogens is 1. The number of thiazole rings is 1. The van der Waals surface area contributed by atoms with Crippen molar-refractivity contribution in [3.8, 4) is 0 Å². The van der Waals surface area contributed by atoms with Gasteiger partial charge in [-0.15, -0.1) is 11.3 Å². The number of nitrogens with zero attached hydrogens (tertiary/aromatic N) is 4. The summed E-state index contributed by atoms with van der Waals surface area (Å²) in [4.78, 5) is 58.6. The minimum absolute atomic E-state index is 0.00971. The van der Waals surface area contributed by atoms with E-state index in [1.807, 2.05) is 7.05 Å². The Hall–Kier alpha value is -2.80. The standard InChI is InChI=1S/C25H32ClN7O4S/c1-32(2)25(36)13-4-6-15(28-22(34)21-27-16-7-5-14(26)11-19(16)37-31-21)18(10-13)29-23(35)24-30-17-8-9-33(3)12-20(17)38-24/h5,7,13,15,18-19H,4,6,8-12H2,1-3H3,(H,27,31)(H,28,34)(H,29,35)/t13-,15+,18-,19?/m1/s1. The average molecular weight is 562 g/mol. The maximum absolute atomic E-state index is 13.3. The summed E-state index contributed by atoms with van der Waals surface area (Å²) in [5.41, 5.74) is 4.22. The van der Waals surface area contributed by atoms with E-state index in [1.54, 1.807) is 31.1 Å². The molecule has 1 unspecified atom stereocenters. The summed E-state index contributed by atoms with van der Waals surface area (Å²) in [6.07, 6.45) is 5.95. The lowest BCUT2D eigenvalue weighted by Gasteiger charge is -2.37. The number of aliphatic imine (C=N–C) groups is 1. The Balaban J connectivity index is 1.31. The quantitative estimate of drug-likeness (QED) is 0.494. The Kier molecular flexibility index (Phi) is 7.85. The van der Waals surface area contributed by atoms with E-state index in [4.69, 9.17) is 16.4 Å². The first-order valence-electron chi connectivity index (χ1n) is 12.7. The molecule has 13 heteroatoms. The van der Waals surface area contributed by atoms with Crippen molar-refractivity contribution in [3.05, 3.63) is 38.5 Å². The largest absolute Gasteiger partial charge is 0.349 e. The van der Waals surface area contributed by atoms with E-state index in [0.717, 1.165) is 30.1 Å². The van der Waals surface area contributed by atoms with Gasteiger partial charge in [0.1, 0.15) is 6.10 Å². The summed E-state index contributed by atoms with van der Waals surface area (Å²) in [5, 5.41) is 7.13. The molecule has 0 saturated heterocycles. The summed E-state index contributed by atoms with van der Waals surface area (Å²) in [7, 11) is 5.50. The highest BCUT2D eigenvalue weighted by Crippen LogP contribution is 2.29. The molecule has 0 spiro atoms. The SMILES string of the molecule is CN1CCc2nc(C(=O)N[C@@H]3C[C@H](C(=O)N(C)C)CC[C@@H]3NC(=O)C3=NC4=CC=C(Cl)CC4ON3)sc2C1. The predicted molar refractivity (Wildman–Crippen MR) is 143 cm³/mol. The zero-order valence-corrected chi connectivity index (χ0v) is 23.2. The smallest absolute Gasteiger partial charge is 0.289 e. The Morgan fingerprint density at radius 2 is 1.97 bits per heavy atom. The number of carbonyl (C=O) groups is 3. The first kappa shape index (κ1) is 26.8. The minimum Gasteiger partial charge on any atom is -0.349 e. The predicted octanol–water partition coefficient (Wildman–Crippen LogP) is 1.31. The van der Waals surface area contributed by atoms with Gasteiger partial charge in [0.2, 0.25) is 11.7 Å². The maximum atomic E-state index is 13.3. The fraction of sp³-hybridized carbons (Fsp3) is 0.560. The number of fused-ring (bicyclic) bond motifs is 2. The van der Waals surface area contributed by atoms with Crippen LogP contribution in [0.1, 0.15) is 46.1 Å². The van der Waals surface area contributed by atoms with Crippen LogP contribution in [0.2, 0.25) is 0 Å². The van der Waals surface area contributed by atoms with Crippen molar-refractivity contribution in [1.82, 2.24) is 30.9 Å². The molecule has 3 heterocycles. The Labute approximate surface area is 230 Å². The van der Waals surface area contributed by atoms with Crippen LogP contribution in [0, 0.1) is 5.92 Å². The Morgan fingerprint density at radius 1 is 1.18 bits per heavy atom. The molecule has 3 amide bonds. The van der Waals surface area contributed by atoms with Gasteiger partial charge in [0.05, 0.1) is 17.4 Å². The van der Waals surface area contributed by atoms with Crippen molar-refractivity contribution in [2.24, 2.45) is 10.9 Å². The molecule has 3 N–H and O–H groups in total. The molecule has 5 rings (SSSR count). The van der Waals surface area contributed by atoms with Gasteiger partial charge in [-0.1, -0.05) is 11.6 Å². The third kappa shape index (κ3) is 5.78. The van der Waals surface area contributed by atoms with E-state index >= 15 is 0 Å². The minimum atomic E-state index is -0.453. The normalized spacial score (nSPS) is 27.0. The molecule has 204 valence electrons. The lowest BCUT2D eigenvalue weighted by Crippen LogP contribution is -2.58. The third-order valence-electron chi connectivity index (χ3n) is 7.29. The molecule has 1 saturated carbocycles. The first-order chi connectivity index (χ1) is 18.2. The van der Waals surface area contributed by atoms with Gasteiger partial charge in [-0.05, 0) is 38.5 Å². The fourth-order valence-corrected chi connectivity index (χ4v) is 6.49. The highest BCUT2D eigenvalue weighted by Gasteiger charge is 2.38.